The van der Waals surface area contributed by atoms with Crippen LogP contribution in [0.1, 0.15) is 51.4 Å². The molecule has 1 N–H and O–H groups in total. The van der Waals surface area contributed by atoms with Crippen LogP contribution in [0.25, 0.3) is 0 Å². The maximum absolute atomic E-state index is 11.5. The summed E-state index contributed by atoms with van der Waals surface area (Å²) >= 11 is 0. The van der Waals surface area contributed by atoms with E-state index in [1.807, 2.05) is 0 Å². The lowest BCUT2D eigenvalue weighted by atomic mass is 10.0. The summed E-state index contributed by atoms with van der Waals surface area (Å²) in [5.74, 6) is 1.28. The summed E-state index contributed by atoms with van der Waals surface area (Å²) < 4.78 is 0. The van der Waals surface area contributed by atoms with E-state index in [2.05, 4.69) is 5.32 Å². The summed E-state index contributed by atoms with van der Waals surface area (Å²) in [6.07, 6.45) is 10.0. The van der Waals surface area contributed by atoms with Gasteiger partial charge in [-0.15, -0.1) is 0 Å². The van der Waals surface area contributed by atoms with Crippen LogP contribution in [0.2, 0.25) is 0 Å². The molecule has 0 aromatic carbocycles. The molecular formula is C12H21NO. The zero-order valence-electron chi connectivity index (χ0n) is 8.93. The lowest BCUT2D eigenvalue weighted by Gasteiger charge is -2.07. The molecular weight excluding hydrogens is 174 g/mol. The Bertz CT molecular complexity index is 192. The third-order valence-corrected chi connectivity index (χ3v) is 3.47. The van der Waals surface area contributed by atoms with Crippen molar-refractivity contribution in [3.05, 3.63) is 0 Å². The quantitative estimate of drug-likeness (QED) is 0.704. The van der Waals surface area contributed by atoms with Crippen molar-refractivity contribution >= 4 is 5.78 Å². The van der Waals surface area contributed by atoms with Gasteiger partial charge in [0.25, 0.3) is 0 Å². The van der Waals surface area contributed by atoms with Crippen molar-refractivity contribution in [2.75, 3.05) is 6.54 Å². The minimum absolute atomic E-state index is 0.420. The van der Waals surface area contributed by atoms with E-state index in [9.17, 15) is 4.79 Å². The number of nitrogens with one attached hydrogen (secondary N) is 1. The fourth-order valence-corrected chi connectivity index (χ4v) is 2.30. The van der Waals surface area contributed by atoms with E-state index in [4.69, 9.17) is 0 Å². The molecule has 0 spiro atoms. The number of rotatable bonds is 6. The van der Waals surface area contributed by atoms with Crippen LogP contribution in [0.4, 0.5) is 0 Å². The predicted molar refractivity (Wildman–Crippen MR) is 57.2 cm³/mol. The number of ketones is 1. The van der Waals surface area contributed by atoms with E-state index in [1.54, 1.807) is 0 Å². The molecule has 2 heteroatoms. The average molecular weight is 195 g/mol. The minimum atomic E-state index is 0.420. The van der Waals surface area contributed by atoms with Gasteiger partial charge in [-0.2, -0.15) is 0 Å². The van der Waals surface area contributed by atoms with E-state index < -0.39 is 0 Å². The van der Waals surface area contributed by atoms with Crippen LogP contribution < -0.4 is 5.32 Å². The molecule has 0 aromatic rings. The van der Waals surface area contributed by atoms with Crippen LogP contribution in [0.15, 0.2) is 0 Å². The molecule has 14 heavy (non-hydrogen) atoms. The second-order valence-corrected chi connectivity index (χ2v) is 4.88. The van der Waals surface area contributed by atoms with Gasteiger partial charge in [-0.3, -0.25) is 4.79 Å². The summed E-state index contributed by atoms with van der Waals surface area (Å²) in [5.41, 5.74) is 0. The van der Waals surface area contributed by atoms with Crippen LogP contribution >= 0.6 is 0 Å². The van der Waals surface area contributed by atoms with E-state index in [-0.39, 0.29) is 0 Å². The van der Waals surface area contributed by atoms with Crippen LogP contribution in [0.3, 0.4) is 0 Å². The topological polar surface area (TPSA) is 29.1 Å². The normalized spacial score (nSPS) is 22.9. The van der Waals surface area contributed by atoms with Gasteiger partial charge in [0.05, 0.1) is 6.54 Å². The fraction of sp³-hybridized carbons (Fsp3) is 0.917. The largest absolute Gasteiger partial charge is 0.307 e. The van der Waals surface area contributed by atoms with Crippen LogP contribution in [-0.4, -0.2) is 18.4 Å². The minimum Gasteiger partial charge on any atom is -0.307 e. The molecule has 0 aromatic heterocycles. The van der Waals surface area contributed by atoms with Gasteiger partial charge in [0, 0.05) is 12.5 Å². The maximum atomic E-state index is 11.5. The first-order valence-electron chi connectivity index (χ1n) is 6.09. The molecule has 0 unspecified atom stereocenters. The summed E-state index contributed by atoms with van der Waals surface area (Å²) in [5, 5.41) is 3.28. The van der Waals surface area contributed by atoms with E-state index >= 15 is 0 Å². The molecule has 2 rings (SSSR count). The Balaban J connectivity index is 1.52. The second kappa shape index (κ2) is 4.92. The van der Waals surface area contributed by atoms with Gasteiger partial charge in [-0.05, 0) is 25.2 Å². The highest BCUT2D eigenvalue weighted by atomic mass is 16.1. The van der Waals surface area contributed by atoms with Gasteiger partial charge in [-0.1, -0.05) is 25.7 Å². The summed E-state index contributed by atoms with van der Waals surface area (Å²) in [7, 11) is 0. The molecule has 0 heterocycles. The van der Waals surface area contributed by atoms with Crippen molar-refractivity contribution in [2.24, 2.45) is 5.92 Å². The Morgan fingerprint density at radius 1 is 1.14 bits per heavy atom. The molecule has 2 saturated carbocycles. The molecule has 0 bridgehead atoms. The lowest BCUT2D eigenvalue weighted by molar-refractivity contribution is -0.118. The van der Waals surface area contributed by atoms with Gasteiger partial charge in [0.2, 0.25) is 0 Å². The number of carbonyl (C=O) groups excluding carboxylic acids is 1. The van der Waals surface area contributed by atoms with Crippen LogP contribution in [0.5, 0.6) is 0 Å². The first-order valence-corrected chi connectivity index (χ1v) is 6.09. The first-order chi connectivity index (χ1) is 6.84. The highest BCUT2D eigenvalue weighted by Crippen LogP contribution is 2.28. The number of Topliss-reactive ketones (excluding diaryl/α,β-unsaturated/α-hetero) is 1. The molecule has 0 atom stereocenters. The third-order valence-electron chi connectivity index (χ3n) is 3.47. The smallest absolute Gasteiger partial charge is 0.146 e. The van der Waals surface area contributed by atoms with Crippen LogP contribution in [0, 0.1) is 5.92 Å². The molecule has 2 fully saturated rings. The molecule has 2 aliphatic rings. The third kappa shape index (κ3) is 3.41. The Labute approximate surface area is 86.5 Å². The standard InChI is InChI=1S/C12H21NO/c14-12(9-13-11-6-7-11)8-5-10-3-1-2-4-10/h10-11,13H,1-9H2. The Morgan fingerprint density at radius 2 is 1.86 bits per heavy atom. The highest BCUT2D eigenvalue weighted by Gasteiger charge is 2.21. The van der Waals surface area contributed by atoms with Crippen molar-refractivity contribution < 1.29 is 4.79 Å². The van der Waals surface area contributed by atoms with Crippen molar-refractivity contribution in [2.45, 2.75) is 57.4 Å². The molecule has 2 aliphatic carbocycles. The van der Waals surface area contributed by atoms with Gasteiger partial charge in [0.15, 0.2) is 0 Å². The molecule has 2 nitrogen and oxygen atoms in total. The summed E-state index contributed by atoms with van der Waals surface area (Å²) in [6, 6.07) is 0.672. The van der Waals surface area contributed by atoms with Crippen molar-refractivity contribution in [1.82, 2.24) is 5.32 Å². The van der Waals surface area contributed by atoms with E-state index in [1.165, 1.54) is 38.5 Å². The lowest BCUT2D eigenvalue weighted by Crippen LogP contribution is -2.24. The first kappa shape index (κ1) is 10.2. The van der Waals surface area contributed by atoms with Crippen molar-refractivity contribution in [3.8, 4) is 0 Å². The number of hydrogen-bond donors (Lipinski definition) is 1. The van der Waals surface area contributed by atoms with Crippen molar-refractivity contribution in [3.63, 3.8) is 0 Å². The average Bonchev–Trinajstić information content (AvgIpc) is 2.87. The summed E-state index contributed by atoms with van der Waals surface area (Å²) in [4.78, 5) is 11.5. The van der Waals surface area contributed by atoms with Gasteiger partial charge >= 0.3 is 0 Å². The monoisotopic (exact) mass is 195 g/mol. The Morgan fingerprint density at radius 3 is 2.50 bits per heavy atom. The van der Waals surface area contributed by atoms with E-state index in [0.717, 1.165) is 18.8 Å². The van der Waals surface area contributed by atoms with Gasteiger partial charge in [-0.25, -0.2) is 0 Å². The van der Waals surface area contributed by atoms with Gasteiger partial charge < -0.3 is 5.32 Å². The molecule has 0 aliphatic heterocycles. The van der Waals surface area contributed by atoms with E-state index in [0.29, 0.717) is 18.4 Å². The Hall–Kier alpha value is -0.370. The molecule has 0 amide bonds. The second-order valence-electron chi connectivity index (χ2n) is 4.88. The maximum Gasteiger partial charge on any atom is 0.146 e. The molecule has 0 radical (unpaired) electrons. The highest BCUT2D eigenvalue weighted by molar-refractivity contribution is 5.80. The fourth-order valence-electron chi connectivity index (χ4n) is 2.30. The van der Waals surface area contributed by atoms with Crippen LogP contribution in [-0.2, 0) is 4.79 Å². The van der Waals surface area contributed by atoms with Crippen molar-refractivity contribution in [1.29, 1.82) is 0 Å². The number of carbonyl (C=O) groups is 1. The zero-order valence-corrected chi connectivity index (χ0v) is 8.93. The van der Waals surface area contributed by atoms with Gasteiger partial charge in [0.1, 0.15) is 5.78 Å². The molecule has 0 saturated heterocycles. The Kier molecular flexibility index (Phi) is 3.57. The number of hydrogen-bond acceptors (Lipinski definition) is 2. The zero-order chi connectivity index (χ0) is 9.80. The SMILES string of the molecule is O=C(CCC1CCCC1)CNC1CC1. The molecule has 80 valence electrons. The predicted octanol–water partition coefficient (Wildman–Crippen LogP) is 2.28. The summed E-state index contributed by atoms with van der Waals surface area (Å²) in [6.45, 7) is 0.622.